The van der Waals surface area contributed by atoms with Crippen LogP contribution in [-0.4, -0.2) is 54.3 Å². The van der Waals surface area contributed by atoms with Crippen molar-refractivity contribution in [1.29, 1.82) is 0 Å². The molecule has 1 saturated heterocycles. The molecule has 0 aromatic heterocycles. The molecule has 0 radical (unpaired) electrons. The van der Waals surface area contributed by atoms with Crippen molar-refractivity contribution in [3.05, 3.63) is 0 Å². The van der Waals surface area contributed by atoms with Gasteiger partial charge in [-0.15, -0.1) is 0 Å². The Morgan fingerprint density at radius 1 is 1.08 bits per heavy atom. The lowest BCUT2D eigenvalue weighted by molar-refractivity contribution is -0.150. The number of rotatable bonds is 6. The molecule has 1 aliphatic rings. The third-order valence-corrected chi connectivity index (χ3v) is 8.73. The maximum absolute atomic E-state index is 13.3. The van der Waals surface area contributed by atoms with E-state index >= 15 is 0 Å². The Balaban J connectivity index is 3.28. The molecule has 0 amide bonds. The zero-order valence-corrected chi connectivity index (χ0v) is 17.7. The Kier molecular flexibility index (Phi) is 6.88. The predicted octanol–water partition coefficient (Wildman–Crippen LogP) is 5.01. The third-order valence-electron chi connectivity index (χ3n) is 2.43. The van der Waals surface area contributed by atoms with Crippen LogP contribution >= 0.6 is 7.51 Å². The van der Waals surface area contributed by atoms with E-state index < -0.39 is 42.9 Å². The van der Waals surface area contributed by atoms with Gasteiger partial charge >= 0.3 is 12.3 Å². The van der Waals surface area contributed by atoms with Crippen molar-refractivity contribution in [1.82, 2.24) is 0 Å². The maximum atomic E-state index is 13.3. The van der Waals surface area contributed by atoms with E-state index in [0.717, 1.165) is 0 Å². The van der Waals surface area contributed by atoms with Gasteiger partial charge in [0.1, 0.15) is 0 Å². The molecule has 0 saturated carbocycles. The molecule has 142 valence electrons. The number of alkyl halides is 4. The monoisotopic (exact) mass is 408 g/mol. The average molecular weight is 408 g/mol. The first-order valence-electron chi connectivity index (χ1n) is 7.49. The van der Waals surface area contributed by atoms with Crippen molar-refractivity contribution in [2.24, 2.45) is 9.07 Å². The zero-order valence-electron chi connectivity index (χ0n) is 14.8. The average Bonchev–Trinajstić information content (AvgIpc) is 2.80. The number of ether oxygens (including phenoxy) is 1. The molecule has 1 heterocycles. The Labute approximate surface area is 142 Å². The van der Waals surface area contributed by atoms with Gasteiger partial charge in [0.15, 0.2) is 23.1 Å². The van der Waals surface area contributed by atoms with E-state index in [4.69, 9.17) is 13.8 Å². The third kappa shape index (κ3) is 6.59. The summed E-state index contributed by atoms with van der Waals surface area (Å²) in [6.45, 7) is 10.4. The van der Waals surface area contributed by atoms with Crippen molar-refractivity contribution in [2.75, 3.05) is 19.8 Å². The highest BCUT2D eigenvalue weighted by atomic mass is 31.2. The van der Waals surface area contributed by atoms with Gasteiger partial charge in [-0.2, -0.15) is 8.78 Å². The highest BCUT2D eigenvalue weighted by molar-refractivity contribution is 7.75. The summed E-state index contributed by atoms with van der Waals surface area (Å²) in [5.74, 6) is -4.27. The molecule has 0 aromatic rings. The second kappa shape index (κ2) is 7.57. The molecule has 0 atom stereocenters. The van der Waals surface area contributed by atoms with Crippen molar-refractivity contribution in [3.63, 3.8) is 0 Å². The summed E-state index contributed by atoms with van der Waals surface area (Å²) in [6, 6.07) is 0. The van der Waals surface area contributed by atoms with E-state index in [0.29, 0.717) is 0 Å². The van der Waals surface area contributed by atoms with E-state index in [1.54, 1.807) is 0 Å². The van der Waals surface area contributed by atoms with Crippen molar-refractivity contribution >= 4 is 29.6 Å². The Morgan fingerprint density at radius 2 is 1.58 bits per heavy atom. The molecular formula is C12H25F4N2O3PSi2. The van der Waals surface area contributed by atoms with Gasteiger partial charge in [-0.1, -0.05) is 0 Å². The van der Waals surface area contributed by atoms with Gasteiger partial charge in [0.2, 0.25) is 0 Å². The predicted molar refractivity (Wildman–Crippen MR) is 92.3 cm³/mol. The summed E-state index contributed by atoms with van der Waals surface area (Å²) >= 11 is 0. The second-order valence-electron chi connectivity index (χ2n) is 7.37. The number of hydrogen-bond donors (Lipinski definition) is 0. The molecule has 0 aliphatic carbocycles. The van der Waals surface area contributed by atoms with Crippen LogP contribution in [0.4, 0.5) is 17.6 Å². The van der Waals surface area contributed by atoms with Crippen LogP contribution in [0.5, 0.6) is 0 Å². The zero-order chi connectivity index (χ0) is 18.8. The van der Waals surface area contributed by atoms with Crippen LogP contribution in [0, 0.1) is 0 Å². The Morgan fingerprint density at radius 3 is 1.96 bits per heavy atom. The number of hydrogen-bond acceptors (Lipinski definition) is 5. The van der Waals surface area contributed by atoms with Crippen LogP contribution < -0.4 is 0 Å². The SMILES string of the molecule is C[Si](C)(C)N=P1(/C(=N/[Si](C)(C)C)OCC(F)(F)C(F)F)OCCO1. The van der Waals surface area contributed by atoms with Gasteiger partial charge in [0.05, 0.1) is 13.2 Å². The molecule has 0 unspecified atom stereocenters. The Hall–Kier alpha value is -0.226. The van der Waals surface area contributed by atoms with Crippen LogP contribution in [0.25, 0.3) is 0 Å². The number of halogens is 4. The molecule has 0 spiro atoms. The smallest absolute Gasteiger partial charge is 0.340 e. The Bertz CT molecular complexity index is 523. The fraction of sp³-hybridized carbons (Fsp3) is 0.917. The molecule has 5 nitrogen and oxygen atoms in total. The first kappa shape index (κ1) is 21.8. The second-order valence-corrected chi connectivity index (χ2v) is 19.0. The van der Waals surface area contributed by atoms with E-state index in [1.165, 1.54) is 0 Å². The van der Waals surface area contributed by atoms with E-state index in [9.17, 15) is 17.6 Å². The lowest BCUT2D eigenvalue weighted by Crippen LogP contribution is -2.34. The van der Waals surface area contributed by atoms with Crippen LogP contribution in [0.2, 0.25) is 39.3 Å². The minimum absolute atomic E-state index is 0.179. The maximum Gasteiger partial charge on any atom is 0.340 e. The van der Waals surface area contributed by atoms with Crippen LogP contribution in [0.15, 0.2) is 9.07 Å². The summed E-state index contributed by atoms with van der Waals surface area (Å²) in [4.78, 5) is 0. The quantitative estimate of drug-likeness (QED) is 0.204. The molecule has 0 N–H and O–H groups in total. The largest absolute Gasteiger partial charge is 0.467 e. The van der Waals surface area contributed by atoms with Crippen molar-refractivity contribution in [3.8, 4) is 0 Å². The van der Waals surface area contributed by atoms with Gasteiger partial charge in [-0.25, -0.2) is 8.78 Å². The first-order chi connectivity index (χ1) is 10.7. The normalized spacial score (nSPS) is 19.7. The van der Waals surface area contributed by atoms with Crippen molar-refractivity contribution < 1.29 is 31.3 Å². The lowest BCUT2D eigenvalue weighted by atomic mass is 10.4. The standard InChI is InChI=1S/C12H25F4N2O3PSi2/c1-23(2,3)17-11(19-9-12(15,16)10(13)14)22(18-24(4,5)6)20-7-8-21-22/h10H,7-9H2,1-6H3/b17-11+. The van der Waals surface area contributed by atoms with Gasteiger partial charge in [0, 0.05) is 0 Å². The fourth-order valence-electron chi connectivity index (χ4n) is 1.65. The molecule has 0 bridgehead atoms. The molecule has 0 aromatic carbocycles. The highest BCUT2D eigenvalue weighted by Gasteiger charge is 2.45. The minimum atomic E-state index is -4.27. The van der Waals surface area contributed by atoms with Gasteiger partial charge < -0.3 is 13.8 Å². The minimum Gasteiger partial charge on any atom is -0.467 e. The van der Waals surface area contributed by atoms with Crippen molar-refractivity contribution in [2.45, 2.75) is 51.6 Å². The van der Waals surface area contributed by atoms with E-state index in [1.807, 2.05) is 39.3 Å². The summed E-state index contributed by atoms with van der Waals surface area (Å²) in [6.07, 6.45) is -3.82. The van der Waals surface area contributed by atoms with Gasteiger partial charge in [-0.3, -0.25) is 9.07 Å². The molecule has 24 heavy (non-hydrogen) atoms. The van der Waals surface area contributed by atoms with Crippen LogP contribution in [0.3, 0.4) is 0 Å². The molecule has 1 aliphatic heterocycles. The van der Waals surface area contributed by atoms with Gasteiger partial charge in [-0.05, 0) is 39.3 Å². The molecule has 12 heteroatoms. The summed E-state index contributed by atoms with van der Waals surface area (Å²) in [7, 11) is -7.39. The fourth-order valence-corrected chi connectivity index (χ4v) is 8.83. The highest BCUT2D eigenvalue weighted by Crippen LogP contribution is 2.58. The molecule has 1 fully saturated rings. The molecule has 1 rings (SSSR count). The molecular weight excluding hydrogens is 383 g/mol. The summed E-state index contributed by atoms with van der Waals surface area (Å²) in [5.41, 5.74) is -0.179. The van der Waals surface area contributed by atoms with Crippen LogP contribution in [-0.2, 0) is 13.8 Å². The van der Waals surface area contributed by atoms with Gasteiger partial charge in [0.25, 0.3) is 13.1 Å². The van der Waals surface area contributed by atoms with E-state index in [2.05, 4.69) is 9.07 Å². The topological polar surface area (TPSA) is 52.4 Å². The summed E-state index contributed by atoms with van der Waals surface area (Å²) < 4.78 is 76.7. The first-order valence-corrected chi connectivity index (χ1v) is 16.0. The number of nitrogens with zero attached hydrogens (tertiary/aromatic N) is 2. The van der Waals surface area contributed by atoms with E-state index in [-0.39, 0.29) is 18.9 Å². The summed E-state index contributed by atoms with van der Waals surface area (Å²) in [5, 5.41) is 0. The van der Waals surface area contributed by atoms with Crippen LogP contribution in [0.1, 0.15) is 0 Å². The lowest BCUT2D eigenvalue weighted by Gasteiger charge is -2.26.